The van der Waals surface area contributed by atoms with Crippen LogP contribution in [0.5, 0.6) is 0 Å². The standard InChI is InChI=1S/C14H18FNO2/c1-14(18-2)6-8-16(9-7-14)13(17)11-4-3-5-12(15)10-11/h3-5,10H,6-9H2,1-2H3. The van der Waals surface area contributed by atoms with E-state index in [0.29, 0.717) is 18.7 Å². The number of likely N-dealkylation sites (tertiary alicyclic amines) is 1. The van der Waals surface area contributed by atoms with Crippen molar-refractivity contribution in [3.05, 3.63) is 35.6 Å². The SMILES string of the molecule is COC1(C)CCN(C(=O)c2cccc(F)c2)CC1. The van der Waals surface area contributed by atoms with Gasteiger partial charge >= 0.3 is 0 Å². The van der Waals surface area contributed by atoms with Gasteiger partial charge in [0.15, 0.2) is 0 Å². The van der Waals surface area contributed by atoms with Gasteiger partial charge in [0.25, 0.3) is 5.91 Å². The van der Waals surface area contributed by atoms with E-state index in [1.807, 2.05) is 0 Å². The molecule has 4 heteroatoms. The van der Waals surface area contributed by atoms with Gasteiger partial charge in [-0.05, 0) is 38.0 Å². The third-order valence-electron chi connectivity index (χ3n) is 3.67. The highest BCUT2D eigenvalue weighted by Gasteiger charge is 2.31. The normalized spacial score (nSPS) is 18.7. The Hall–Kier alpha value is -1.42. The van der Waals surface area contributed by atoms with E-state index in [1.165, 1.54) is 12.1 Å². The van der Waals surface area contributed by atoms with Gasteiger partial charge in [-0.3, -0.25) is 4.79 Å². The fourth-order valence-electron chi connectivity index (χ4n) is 2.19. The van der Waals surface area contributed by atoms with Crippen LogP contribution < -0.4 is 0 Å². The number of methoxy groups -OCH3 is 1. The van der Waals surface area contributed by atoms with Crippen molar-refractivity contribution in [1.82, 2.24) is 4.90 Å². The first kappa shape index (κ1) is 13.0. The number of hydrogen-bond donors (Lipinski definition) is 0. The lowest BCUT2D eigenvalue weighted by molar-refractivity contribution is -0.0379. The van der Waals surface area contributed by atoms with E-state index >= 15 is 0 Å². The average Bonchev–Trinajstić information content (AvgIpc) is 2.39. The molecule has 1 saturated heterocycles. The number of hydrogen-bond acceptors (Lipinski definition) is 2. The largest absolute Gasteiger partial charge is 0.378 e. The van der Waals surface area contributed by atoms with Gasteiger partial charge in [0.2, 0.25) is 0 Å². The maximum absolute atomic E-state index is 13.1. The fourth-order valence-corrected chi connectivity index (χ4v) is 2.19. The number of halogens is 1. The van der Waals surface area contributed by atoms with Gasteiger partial charge in [-0.25, -0.2) is 4.39 Å². The minimum atomic E-state index is -0.375. The van der Waals surface area contributed by atoms with Gasteiger partial charge in [-0.2, -0.15) is 0 Å². The summed E-state index contributed by atoms with van der Waals surface area (Å²) in [5, 5.41) is 0. The smallest absolute Gasteiger partial charge is 0.253 e. The molecule has 18 heavy (non-hydrogen) atoms. The molecule has 0 N–H and O–H groups in total. The van der Waals surface area contributed by atoms with Gasteiger partial charge in [0.05, 0.1) is 5.60 Å². The van der Waals surface area contributed by atoms with Gasteiger partial charge in [-0.1, -0.05) is 6.07 Å². The molecular weight excluding hydrogens is 233 g/mol. The molecule has 1 aromatic carbocycles. The summed E-state index contributed by atoms with van der Waals surface area (Å²) in [5.74, 6) is -0.479. The maximum atomic E-state index is 13.1. The molecule has 98 valence electrons. The predicted molar refractivity (Wildman–Crippen MR) is 67.0 cm³/mol. The van der Waals surface area contributed by atoms with Crippen molar-refractivity contribution in [1.29, 1.82) is 0 Å². The second-order valence-corrected chi connectivity index (χ2v) is 4.96. The number of piperidine rings is 1. The summed E-state index contributed by atoms with van der Waals surface area (Å²) in [4.78, 5) is 13.9. The predicted octanol–water partition coefficient (Wildman–Crippen LogP) is 2.47. The van der Waals surface area contributed by atoms with E-state index in [9.17, 15) is 9.18 Å². The minimum absolute atomic E-state index is 0.104. The molecule has 0 spiro atoms. The molecule has 1 aliphatic heterocycles. The molecule has 2 rings (SSSR count). The first-order valence-corrected chi connectivity index (χ1v) is 6.14. The zero-order chi connectivity index (χ0) is 13.2. The number of ether oxygens (including phenoxy) is 1. The minimum Gasteiger partial charge on any atom is -0.378 e. The van der Waals surface area contributed by atoms with E-state index in [2.05, 4.69) is 6.92 Å². The van der Waals surface area contributed by atoms with Crippen molar-refractivity contribution in [2.75, 3.05) is 20.2 Å². The van der Waals surface area contributed by atoms with Crippen molar-refractivity contribution in [3.63, 3.8) is 0 Å². The Kier molecular flexibility index (Phi) is 3.66. The van der Waals surface area contributed by atoms with Crippen LogP contribution in [0.25, 0.3) is 0 Å². The molecule has 1 aliphatic rings. The second-order valence-electron chi connectivity index (χ2n) is 4.96. The molecule has 0 aromatic heterocycles. The Morgan fingerprint density at radius 2 is 2.06 bits per heavy atom. The molecule has 0 saturated carbocycles. The number of rotatable bonds is 2. The van der Waals surface area contributed by atoms with Crippen LogP contribution in [0.4, 0.5) is 4.39 Å². The summed E-state index contributed by atoms with van der Waals surface area (Å²) in [7, 11) is 1.70. The monoisotopic (exact) mass is 251 g/mol. The lowest BCUT2D eigenvalue weighted by Crippen LogP contribution is -2.46. The Balaban J connectivity index is 2.04. The van der Waals surface area contributed by atoms with Crippen molar-refractivity contribution in [3.8, 4) is 0 Å². The van der Waals surface area contributed by atoms with Crippen molar-refractivity contribution < 1.29 is 13.9 Å². The highest BCUT2D eigenvalue weighted by molar-refractivity contribution is 5.94. The summed E-state index contributed by atoms with van der Waals surface area (Å²) >= 11 is 0. The van der Waals surface area contributed by atoms with Gasteiger partial charge in [0.1, 0.15) is 5.82 Å². The van der Waals surface area contributed by atoms with Gasteiger partial charge < -0.3 is 9.64 Å². The first-order valence-electron chi connectivity index (χ1n) is 6.14. The van der Waals surface area contributed by atoms with Crippen LogP contribution in [-0.4, -0.2) is 36.6 Å². The lowest BCUT2D eigenvalue weighted by Gasteiger charge is -2.38. The van der Waals surface area contributed by atoms with Crippen LogP contribution in [0.2, 0.25) is 0 Å². The molecule has 0 aliphatic carbocycles. The van der Waals surface area contributed by atoms with E-state index < -0.39 is 0 Å². The van der Waals surface area contributed by atoms with Gasteiger partial charge in [-0.15, -0.1) is 0 Å². The molecule has 1 heterocycles. The van der Waals surface area contributed by atoms with Crippen LogP contribution in [0.3, 0.4) is 0 Å². The molecule has 0 atom stereocenters. The highest BCUT2D eigenvalue weighted by Crippen LogP contribution is 2.25. The number of nitrogens with zero attached hydrogens (tertiary/aromatic N) is 1. The quantitative estimate of drug-likeness (QED) is 0.808. The third kappa shape index (κ3) is 2.70. The lowest BCUT2D eigenvalue weighted by atomic mass is 9.93. The summed E-state index contributed by atoms with van der Waals surface area (Å²) in [6, 6.07) is 5.84. The average molecular weight is 251 g/mol. The van der Waals surface area contributed by atoms with Crippen molar-refractivity contribution in [2.45, 2.75) is 25.4 Å². The summed E-state index contributed by atoms with van der Waals surface area (Å²) in [6.45, 7) is 3.36. The van der Waals surface area contributed by atoms with Crippen LogP contribution in [0.15, 0.2) is 24.3 Å². The molecule has 0 radical (unpaired) electrons. The van der Waals surface area contributed by atoms with Crippen LogP contribution in [-0.2, 0) is 4.74 Å². The number of carbonyl (C=O) groups excluding carboxylic acids is 1. The van der Waals surface area contributed by atoms with Crippen molar-refractivity contribution in [2.24, 2.45) is 0 Å². The first-order chi connectivity index (χ1) is 8.54. The third-order valence-corrected chi connectivity index (χ3v) is 3.67. The van der Waals surface area contributed by atoms with Gasteiger partial charge in [0, 0.05) is 25.8 Å². The Morgan fingerprint density at radius 1 is 1.39 bits per heavy atom. The zero-order valence-corrected chi connectivity index (χ0v) is 10.8. The Labute approximate surface area is 107 Å². The molecule has 1 amide bonds. The van der Waals surface area contributed by atoms with Crippen LogP contribution in [0.1, 0.15) is 30.1 Å². The fraction of sp³-hybridized carbons (Fsp3) is 0.500. The molecule has 1 fully saturated rings. The molecule has 1 aromatic rings. The zero-order valence-electron chi connectivity index (χ0n) is 10.8. The van der Waals surface area contributed by atoms with E-state index in [0.717, 1.165) is 12.8 Å². The summed E-state index contributed by atoms with van der Waals surface area (Å²) < 4.78 is 18.5. The number of carbonyl (C=O) groups is 1. The maximum Gasteiger partial charge on any atom is 0.253 e. The number of amides is 1. The Bertz CT molecular complexity index is 439. The van der Waals surface area contributed by atoms with Crippen LogP contribution >= 0.6 is 0 Å². The molecular formula is C14H18FNO2. The molecule has 0 bridgehead atoms. The highest BCUT2D eigenvalue weighted by atomic mass is 19.1. The Morgan fingerprint density at radius 3 is 2.61 bits per heavy atom. The van der Waals surface area contributed by atoms with E-state index in [4.69, 9.17) is 4.74 Å². The van der Waals surface area contributed by atoms with E-state index in [-0.39, 0.29) is 17.3 Å². The van der Waals surface area contributed by atoms with Crippen LogP contribution in [0, 0.1) is 5.82 Å². The number of benzene rings is 1. The molecule has 0 unspecified atom stereocenters. The summed E-state index contributed by atoms with van der Waals surface area (Å²) in [5.41, 5.74) is 0.273. The topological polar surface area (TPSA) is 29.5 Å². The summed E-state index contributed by atoms with van der Waals surface area (Å²) in [6.07, 6.45) is 1.62. The van der Waals surface area contributed by atoms with E-state index in [1.54, 1.807) is 24.1 Å². The molecule has 3 nitrogen and oxygen atoms in total. The van der Waals surface area contributed by atoms with Crippen molar-refractivity contribution >= 4 is 5.91 Å². The second kappa shape index (κ2) is 5.06.